The molecule has 1 aliphatic rings. The van der Waals surface area contributed by atoms with E-state index in [-0.39, 0.29) is 5.91 Å². The number of carbonyl (C=O) groups excluding carboxylic acids is 1. The Morgan fingerprint density at radius 3 is 2.78 bits per heavy atom. The van der Waals surface area contributed by atoms with Gasteiger partial charge >= 0.3 is 0 Å². The molecule has 2 heterocycles. The van der Waals surface area contributed by atoms with Crippen LogP contribution in [-0.2, 0) is 0 Å². The highest BCUT2D eigenvalue weighted by Gasteiger charge is 2.25. The molecule has 0 unspecified atom stereocenters. The van der Waals surface area contributed by atoms with Crippen molar-refractivity contribution < 1.29 is 4.79 Å². The van der Waals surface area contributed by atoms with E-state index in [0.29, 0.717) is 11.5 Å². The number of amides is 1. The van der Waals surface area contributed by atoms with Crippen LogP contribution in [0.25, 0.3) is 5.69 Å². The van der Waals surface area contributed by atoms with Crippen LogP contribution < -0.4 is 5.32 Å². The molecule has 1 saturated heterocycles. The number of hydrogen-bond acceptors (Lipinski definition) is 5. The fraction of sp³-hybridized carbons (Fsp3) is 0.500. The number of piperidine rings is 1. The second-order valence-electron chi connectivity index (χ2n) is 5.90. The van der Waals surface area contributed by atoms with E-state index in [0.717, 1.165) is 38.2 Å². The zero-order chi connectivity index (χ0) is 16.1. The van der Waals surface area contributed by atoms with Crippen LogP contribution in [0.15, 0.2) is 30.6 Å². The van der Waals surface area contributed by atoms with Crippen molar-refractivity contribution in [3.63, 3.8) is 0 Å². The number of hydrogen-bond donors (Lipinski definition) is 1. The van der Waals surface area contributed by atoms with Crippen LogP contribution in [0.4, 0.5) is 0 Å². The van der Waals surface area contributed by atoms with Gasteiger partial charge in [0.15, 0.2) is 0 Å². The molecule has 0 aliphatic carbocycles. The van der Waals surface area contributed by atoms with Gasteiger partial charge < -0.3 is 10.2 Å². The standard InChI is InChI=1S/C16H22N6O/c1-17-9-6-13-7-10-21(11-8-13)16(23)14-4-2-3-5-15(14)22-12-18-19-20-22/h2-5,12-13,17H,6-11H2,1H3. The molecule has 7 nitrogen and oxygen atoms in total. The summed E-state index contributed by atoms with van der Waals surface area (Å²) < 4.78 is 1.53. The first-order valence-electron chi connectivity index (χ1n) is 8.06. The predicted molar refractivity (Wildman–Crippen MR) is 86.3 cm³/mol. The van der Waals surface area contributed by atoms with Crippen LogP contribution in [0.5, 0.6) is 0 Å². The predicted octanol–water partition coefficient (Wildman–Crippen LogP) is 1.12. The molecule has 7 heteroatoms. The molecule has 0 radical (unpaired) electrons. The van der Waals surface area contributed by atoms with E-state index in [1.807, 2.05) is 36.2 Å². The normalized spacial score (nSPS) is 15.8. The van der Waals surface area contributed by atoms with E-state index in [4.69, 9.17) is 0 Å². The zero-order valence-corrected chi connectivity index (χ0v) is 13.4. The van der Waals surface area contributed by atoms with Crippen molar-refractivity contribution in [1.82, 2.24) is 30.4 Å². The number of para-hydroxylation sites is 1. The second kappa shape index (κ2) is 7.32. The SMILES string of the molecule is CNCCC1CCN(C(=O)c2ccccc2-n2cnnn2)CC1. The molecule has 1 aromatic carbocycles. The Kier molecular flexibility index (Phi) is 4.97. The van der Waals surface area contributed by atoms with Gasteiger partial charge in [-0.15, -0.1) is 5.10 Å². The van der Waals surface area contributed by atoms with Crippen LogP contribution in [0.2, 0.25) is 0 Å². The number of benzene rings is 1. The van der Waals surface area contributed by atoms with Gasteiger partial charge in [-0.25, -0.2) is 0 Å². The van der Waals surface area contributed by atoms with Crippen molar-refractivity contribution in [2.24, 2.45) is 5.92 Å². The third-order valence-electron chi connectivity index (χ3n) is 4.43. The highest BCUT2D eigenvalue weighted by Crippen LogP contribution is 2.23. The molecular weight excluding hydrogens is 292 g/mol. The summed E-state index contributed by atoms with van der Waals surface area (Å²) in [6, 6.07) is 7.47. The Morgan fingerprint density at radius 1 is 1.30 bits per heavy atom. The number of aromatic nitrogens is 4. The van der Waals surface area contributed by atoms with Gasteiger partial charge in [-0.3, -0.25) is 4.79 Å². The van der Waals surface area contributed by atoms with Crippen molar-refractivity contribution >= 4 is 5.91 Å². The van der Waals surface area contributed by atoms with E-state index in [1.165, 1.54) is 17.4 Å². The summed E-state index contributed by atoms with van der Waals surface area (Å²) >= 11 is 0. The number of nitrogens with zero attached hydrogens (tertiary/aromatic N) is 5. The Bertz CT molecular complexity index is 634. The van der Waals surface area contributed by atoms with Gasteiger partial charge in [-0.1, -0.05) is 12.1 Å². The lowest BCUT2D eigenvalue weighted by Gasteiger charge is -2.32. The number of likely N-dealkylation sites (tertiary alicyclic amines) is 1. The molecule has 23 heavy (non-hydrogen) atoms. The molecule has 1 fully saturated rings. The third kappa shape index (κ3) is 3.56. The van der Waals surface area contributed by atoms with Crippen molar-refractivity contribution in [3.8, 4) is 5.69 Å². The minimum absolute atomic E-state index is 0.0585. The lowest BCUT2D eigenvalue weighted by molar-refractivity contribution is 0.0687. The van der Waals surface area contributed by atoms with Gasteiger partial charge in [-0.05, 0) is 61.3 Å². The highest BCUT2D eigenvalue weighted by molar-refractivity contribution is 5.97. The number of nitrogens with one attached hydrogen (secondary N) is 1. The molecular formula is C16H22N6O. The lowest BCUT2D eigenvalue weighted by atomic mass is 9.93. The largest absolute Gasteiger partial charge is 0.339 e. The quantitative estimate of drug-likeness (QED) is 0.895. The highest BCUT2D eigenvalue weighted by atomic mass is 16.2. The van der Waals surface area contributed by atoms with E-state index >= 15 is 0 Å². The monoisotopic (exact) mass is 314 g/mol. The molecule has 122 valence electrons. The van der Waals surface area contributed by atoms with E-state index in [2.05, 4.69) is 20.8 Å². The average Bonchev–Trinajstić information content (AvgIpc) is 3.14. The van der Waals surface area contributed by atoms with Crippen LogP contribution in [0.1, 0.15) is 29.6 Å². The van der Waals surface area contributed by atoms with Crippen molar-refractivity contribution in [1.29, 1.82) is 0 Å². The first kappa shape index (κ1) is 15.6. The fourth-order valence-corrected chi connectivity index (χ4v) is 3.07. The van der Waals surface area contributed by atoms with Gasteiger partial charge in [0.25, 0.3) is 5.91 Å². The molecule has 1 amide bonds. The molecule has 0 atom stereocenters. The average molecular weight is 314 g/mol. The molecule has 0 spiro atoms. The van der Waals surface area contributed by atoms with Gasteiger partial charge in [0.1, 0.15) is 6.33 Å². The van der Waals surface area contributed by atoms with E-state index < -0.39 is 0 Å². The molecule has 1 N–H and O–H groups in total. The third-order valence-corrected chi connectivity index (χ3v) is 4.43. The van der Waals surface area contributed by atoms with Gasteiger partial charge in [0, 0.05) is 13.1 Å². The van der Waals surface area contributed by atoms with Crippen LogP contribution in [0, 0.1) is 5.92 Å². The Hall–Kier alpha value is -2.28. The summed E-state index contributed by atoms with van der Waals surface area (Å²) in [5, 5.41) is 14.4. The maximum Gasteiger partial charge on any atom is 0.256 e. The number of tetrazole rings is 1. The van der Waals surface area contributed by atoms with Gasteiger partial charge in [0.2, 0.25) is 0 Å². The molecule has 0 bridgehead atoms. The van der Waals surface area contributed by atoms with Crippen LogP contribution >= 0.6 is 0 Å². The molecule has 3 rings (SSSR count). The smallest absolute Gasteiger partial charge is 0.256 e. The molecule has 0 saturated carbocycles. The first-order chi connectivity index (χ1) is 11.3. The molecule has 2 aromatic rings. The summed E-state index contributed by atoms with van der Waals surface area (Å²) in [6.07, 6.45) is 4.83. The summed E-state index contributed by atoms with van der Waals surface area (Å²) in [6.45, 7) is 2.68. The summed E-state index contributed by atoms with van der Waals surface area (Å²) in [5.41, 5.74) is 1.37. The van der Waals surface area contributed by atoms with Crippen LogP contribution in [-0.4, -0.2) is 57.7 Å². The molecule has 1 aromatic heterocycles. The summed E-state index contributed by atoms with van der Waals surface area (Å²) in [7, 11) is 1.98. The number of carbonyl (C=O) groups is 1. The Morgan fingerprint density at radius 2 is 2.09 bits per heavy atom. The fourth-order valence-electron chi connectivity index (χ4n) is 3.07. The topological polar surface area (TPSA) is 75.9 Å². The second-order valence-corrected chi connectivity index (χ2v) is 5.90. The maximum absolute atomic E-state index is 12.9. The zero-order valence-electron chi connectivity index (χ0n) is 13.4. The first-order valence-corrected chi connectivity index (χ1v) is 8.06. The summed E-state index contributed by atoms with van der Waals surface area (Å²) in [5.74, 6) is 0.768. The lowest BCUT2D eigenvalue weighted by Crippen LogP contribution is -2.39. The Balaban J connectivity index is 1.70. The minimum atomic E-state index is 0.0585. The Labute approximate surface area is 135 Å². The molecule has 1 aliphatic heterocycles. The summed E-state index contributed by atoms with van der Waals surface area (Å²) in [4.78, 5) is 14.8. The van der Waals surface area contributed by atoms with E-state index in [9.17, 15) is 4.79 Å². The van der Waals surface area contributed by atoms with E-state index in [1.54, 1.807) is 0 Å². The minimum Gasteiger partial charge on any atom is -0.339 e. The van der Waals surface area contributed by atoms with Crippen molar-refractivity contribution in [2.45, 2.75) is 19.3 Å². The number of rotatable bonds is 5. The van der Waals surface area contributed by atoms with Crippen molar-refractivity contribution in [3.05, 3.63) is 36.2 Å². The van der Waals surface area contributed by atoms with Gasteiger partial charge in [0.05, 0.1) is 11.3 Å². The van der Waals surface area contributed by atoms with Gasteiger partial charge in [-0.2, -0.15) is 4.68 Å². The van der Waals surface area contributed by atoms with Crippen LogP contribution in [0.3, 0.4) is 0 Å². The maximum atomic E-state index is 12.9. The van der Waals surface area contributed by atoms with Crippen molar-refractivity contribution in [2.75, 3.05) is 26.7 Å².